The highest BCUT2D eigenvalue weighted by molar-refractivity contribution is 5.18. The van der Waals surface area contributed by atoms with E-state index in [9.17, 15) is 10.2 Å². The van der Waals surface area contributed by atoms with Gasteiger partial charge in [0.05, 0.1) is 0 Å². The van der Waals surface area contributed by atoms with Gasteiger partial charge in [-0.05, 0) is 43.1 Å². The highest BCUT2D eigenvalue weighted by atomic mass is 16.5. The summed E-state index contributed by atoms with van der Waals surface area (Å²) in [6, 6.07) is 10.7. The van der Waals surface area contributed by atoms with E-state index in [4.69, 9.17) is 0 Å². The van der Waals surface area contributed by atoms with Crippen molar-refractivity contribution in [1.82, 2.24) is 0 Å². The molecule has 27 heavy (non-hydrogen) atoms. The Morgan fingerprint density at radius 3 is 2.04 bits per heavy atom. The molecule has 0 spiro atoms. The molecule has 0 aliphatic heterocycles. The Morgan fingerprint density at radius 2 is 1.44 bits per heavy atom. The molecule has 1 aromatic carbocycles. The van der Waals surface area contributed by atoms with E-state index >= 15 is 0 Å². The lowest BCUT2D eigenvalue weighted by Gasteiger charge is -2.26. The zero-order chi connectivity index (χ0) is 20.0. The maximum absolute atomic E-state index is 10.2. The van der Waals surface area contributed by atoms with E-state index < -0.39 is 5.79 Å². The van der Waals surface area contributed by atoms with Crippen molar-refractivity contribution < 1.29 is 10.2 Å². The first kappa shape index (κ1) is 23.7. The third-order valence-electron chi connectivity index (χ3n) is 5.45. The minimum Gasteiger partial charge on any atom is -0.366 e. The van der Waals surface area contributed by atoms with Crippen molar-refractivity contribution >= 4 is 0 Å². The number of unbranched alkanes of at least 4 members (excludes halogenated alkanes) is 5. The first-order valence-electron chi connectivity index (χ1n) is 10.7. The van der Waals surface area contributed by atoms with Gasteiger partial charge in [-0.25, -0.2) is 0 Å². The molecular formula is C25H40O2. The second kappa shape index (κ2) is 13.7. The average molecular weight is 373 g/mol. The van der Waals surface area contributed by atoms with Crippen LogP contribution in [-0.4, -0.2) is 16.0 Å². The molecular weight excluding hydrogens is 332 g/mol. The Bertz CT molecular complexity index is 496. The molecule has 0 fully saturated rings. The standard InChI is InChI=1S/C25H40O2/c1-4-15-23(16-5-2)21-25(26,27)20-14-9-7-6-8-11-17-22(3)24-18-12-10-13-19-24/h4-5,10,12-13,18-19,22-23,26-27H,1-2,6-9,11,14-17,20-21H2,3H3. The summed E-state index contributed by atoms with van der Waals surface area (Å²) in [5.41, 5.74) is 1.44. The Kier molecular flexibility index (Phi) is 12.0. The number of benzene rings is 1. The SMILES string of the molecule is C=CCC(CC=C)CC(O)(O)CCCCCCCCC(C)c1ccccc1. The Balaban J connectivity index is 2.08. The molecule has 0 radical (unpaired) electrons. The molecule has 0 aliphatic rings. The van der Waals surface area contributed by atoms with Crippen molar-refractivity contribution in [3.8, 4) is 0 Å². The molecule has 1 unspecified atom stereocenters. The van der Waals surface area contributed by atoms with Gasteiger partial charge in [0.1, 0.15) is 0 Å². The fourth-order valence-electron chi connectivity index (χ4n) is 3.81. The zero-order valence-corrected chi connectivity index (χ0v) is 17.3. The Labute approximate surface area is 167 Å². The average Bonchev–Trinajstić information content (AvgIpc) is 2.64. The predicted molar refractivity (Wildman–Crippen MR) is 117 cm³/mol. The number of rotatable bonds is 16. The molecule has 0 heterocycles. The van der Waals surface area contributed by atoms with E-state index in [2.05, 4.69) is 50.4 Å². The predicted octanol–water partition coefficient (Wildman–Crippen LogP) is 6.75. The smallest absolute Gasteiger partial charge is 0.162 e. The van der Waals surface area contributed by atoms with Crippen molar-refractivity contribution in [3.63, 3.8) is 0 Å². The van der Waals surface area contributed by atoms with Crippen LogP contribution in [0, 0.1) is 5.92 Å². The lowest BCUT2D eigenvalue weighted by molar-refractivity contribution is -0.178. The van der Waals surface area contributed by atoms with Crippen LogP contribution in [0.15, 0.2) is 55.6 Å². The van der Waals surface area contributed by atoms with Crippen molar-refractivity contribution in [2.45, 2.75) is 89.3 Å². The molecule has 0 bridgehead atoms. The summed E-state index contributed by atoms with van der Waals surface area (Å²) in [6.45, 7) is 9.82. The first-order valence-corrected chi connectivity index (χ1v) is 10.7. The van der Waals surface area contributed by atoms with E-state index in [0.717, 1.165) is 25.7 Å². The van der Waals surface area contributed by atoms with Crippen LogP contribution in [0.3, 0.4) is 0 Å². The summed E-state index contributed by atoms with van der Waals surface area (Å²) in [5, 5.41) is 20.5. The number of aliphatic hydroxyl groups is 2. The van der Waals surface area contributed by atoms with Gasteiger partial charge in [0, 0.05) is 12.8 Å². The quantitative estimate of drug-likeness (QED) is 0.191. The summed E-state index contributed by atoms with van der Waals surface area (Å²) in [4.78, 5) is 0. The number of hydrogen-bond acceptors (Lipinski definition) is 2. The van der Waals surface area contributed by atoms with E-state index in [1.54, 1.807) is 0 Å². The largest absolute Gasteiger partial charge is 0.366 e. The maximum atomic E-state index is 10.2. The fraction of sp³-hybridized carbons (Fsp3) is 0.600. The minimum atomic E-state index is -1.55. The number of hydrogen-bond donors (Lipinski definition) is 2. The molecule has 152 valence electrons. The first-order chi connectivity index (χ1) is 13.0. The highest BCUT2D eigenvalue weighted by Crippen LogP contribution is 2.26. The minimum absolute atomic E-state index is 0.224. The van der Waals surface area contributed by atoms with Gasteiger partial charge in [0.15, 0.2) is 5.79 Å². The third-order valence-corrected chi connectivity index (χ3v) is 5.45. The van der Waals surface area contributed by atoms with E-state index in [0.29, 0.717) is 18.8 Å². The lowest BCUT2D eigenvalue weighted by atomic mass is 9.90. The monoisotopic (exact) mass is 372 g/mol. The summed E-state index contributed by atoms with van der Waals surface area (Å²) >= 11 is 0. The van der Waals surface area contributed by atoms with Gasteiger partial charge in [0.25, 0.3) is 0 Å². The maximum Gasteiger partial charge on any atom is 0.162 e. The third kappa shape index (κ3) is 11.1. The summed E-state index contributed by atoms with van der Waals surface area (Å²) in [5.74, 6) is -0.696. The van der Waals surface area contributed by atoms with Crippen LogP contribution in [0.25, 0.3) is 0 Å². The van der Waals surface area contributed by atoms with Crippen LogP contribution in [0.2, 0.25) is 0 Å². The van der Waals surface area contributed by atoms with Gasteiger partial charge >= 0.3 is 0 Å². The van der Waals surface area contributed by atoms with Gasteiger partial charge in [-0.1, -0.05) is 81.5 Å². The van der Waals surface area contributed by atoms with Crippen LogP contribution in [0.4, 0.5) is 0 Å². The van der Waals surface area contributed by atoms with Crippen LogP contribution in [0.1, 0.15) is 89.0 Å². The van der Waals surface area contributed by atoms with E-state index in [1.807, 2.05) is 12.2 Å². The lowest BCUT2D eigenvalue weighted by Crippen LogP contribution is -2.31. The molecule has 1 atom stereocenters. The van der Waals surface area contributed by atoms with Gasteiger partial charge < -0.3 is 10.2 Å². The molecule has 2 nitrogen and oxygen atoms in total. The van der Waals surface area contributed by atoms with E-state index in [1.165, 1.54) is 37.7 Å². The van der Waals surface area contributed by atoms with Crippen LogP contribution < -0.4 is 0 Å². The van der Waals surface area contributed by atoms with Crippen molar-refractivity contribution in [1.29, 1.82) is 0 Å². The molecule has 2 N–H and O–H groups in total. The van der Waals surface area contributed by atoms with Crippen molar-refractivity contribution in [3.05, 3.63) is 61.2 Å². The highest BCUT2D eigenvalue weighted by Gasteiger charge is 2.26. The Hall–Kier alpha value is -1.38. The molecule has 1 aromatic rings. The summed E-state index contributed by atoms with van der Waals surface area (Å²) in [7, 11) is 0. The fourth-order valence-corrected chi connectivity index (χ4v) is 3.81. The molecule has 0 aromatic heterocycles. The van der Waals surface area contributed by atoms with Crippen molar-refractivity contribution in [2.75, 3.05) is 0 Å². The Morgan fingerprint density at radius 1 is 0.889 bits per heavy atom. The topological polar surface area (TPSA) is 40.5 Å². The van der Waals surface area contributed by atoms with Gasteiger partial charge in [-0.2, -0.15) is 0 Å². The molecule has 2 heteroatoms. The summed E-state index contributed by atoms with van der Waals surface area (Å²) < 4.78 is 0. The van der Waals surface area contributed by atoms with Crippen LogP contribution >= 0.6 is 0 Å². The molecule has 1 rings (SSSR count). The van der Waals surface area contributed by atoms with Crippen LogP contribution in [-0.2, 0) is 0 Å². The number of allylic oxidation sites excluding steroid dienone is 2. The molecule has 0 amide bonds. The van der Waals surface area contributed by atoms with Crippen LogP contribution in [0.5, 0.6) is 0 Å². The van der Waals surface area contributed by atoms with Gasteiger partial charge in [0.2, 0.25) is 0 Å². The molecule has 0 aliphatic carbocycles. The molecule has 0 saturated heterocycles. The van der Waals surface area contributed by atoms with E-state index in [-0.39, 0.29) is 5.92 Å². The van der Waals surface area contributed by atoms with Crippen molar-refractivity contribution in [2.24, 2.45) is 5.92 Å². The van der Waals surface area contributed by atoms with Gasteiger partial charge in [-0.3, -0.25) is 0 Å². The normalized spacial score (nSPS) is 12.9. The molecule has 0 saturated carbocycles. The second-order valence-corrected chi connectivity index (χ2v) is 8.07. The second-order valence-electron chi connectivity index (χ2n) is 8.07. The zero-order valence-electron chi connectivity index (χ0n) is 17.3. The van der Waals surface area contributed by atoms with Gasteiger partial charge in [-0.15, -0.1) is 13.2 Å². The summed E-state index contributed by atoms with van der Waals surface area (Å²) in [6.07, 6.45) is 14.3.